The molecule has 0 aliphatic carbocycles. The third-order valence-corrected chi connectivity index (χ3v) is 4.27. The molecule has 1 aliphatic rings. The lowest BCUT2D eigenvalue weighted by atomic mass is 10.0. The number of rotatable bonds is 3. The highest BCUT2D eigenvalue weighted by molar-refractivity contribution is 5.95. The third kappa shape index (κ3) is 5.37. The van der Waals surface area contributed by atoms with Crippen LogP contribution in [-0.2, 0) is 11.2 Å². The van der Waals surface area contributed by atoms with Crippen LogP contribution in [0.2, 0.25) is 0 Å². The van der Waals surface area contributed by atoms with Gasteiger partial charge in [0.2, 0.25) is 0 Å². The van der Waals surface area contributed by atoms with Gasteiger partial charge in [0.1, 0.15) is 5.60 Å². The second-order valence-corrected chi connectivity index (χ2v) is 7.48. The third-order valence-electron chi connectivity index (χ3n) is 4.27. The first-order valence-corrected chi connectivity index (χ1v) is 8.87. The van der Waals surface area contributed by atoms with E-state index >= 15 is 0 Å². The Morgan fingerprint density at radius 3 is 2.48 bits per heavy atom. The molecule has 0 atom stereocenters. The average Bonchev–Trinajstić information content (AvgIpc) is 2.54. The summed E-state index contributed by atoms with van der Waals surface area (Å²) < 4.78 is 5.39. The molecule has 1 aromatic carbocycles. The van der Waals surface area contributed by atoms with E-state index < -0.39 is 5.60 Å². The first-order chi connectivity index (χ1) is 11.7. The van der Waals surface area contributed by atoms with Gasteiger partial charge in [-0.15, -0.1) is 0 Å². The smallest absolute Gasteiger partial charge is 0.410 e. The number of carbonyl (C=O) groups excluding carboxylic acids is 2. The Bertz CT molecular complexity index is 629. The minimum atomic E-state index is -0.492. The molecule has 138 valence electrons. The van der Waals surface area contributed by atoms with Crippen LogP contribution < -0.4 is 11.1 Å². The number of nitrogen functional groups attached to an aromatic ring is 1. The molecule has 2 rings (SSSR count). The maximum Gasteiger partial charge on any atom is 0.410 e. The zero-order valence-corrected chi connectivity index (χ0v) is 15.6. The minimum absolute atomic E-state index is 0.0637. The van der Waals surface area contributed by atoms with E-state index in [-0.39, 0.29) is 18.0 Å². The monoisotopic (exact) mass is 347 g/mol. The number of carbonyl (C=O) groups is 2. The van der Waals surface area contributed by atoms with Gasteiger partial charge in [-0.25, -0.2) is 4.79 Å². The fourth-order valence-corrected chi connectivity index (χ4v) is 2.85. The highest BCUT2D eigenvalue weighted by Crippen LogP contribution is 2.18. The summed E-state index contributed by atoms with van der Waals surface area (Å²) in [6, 6.07) is 5.44. The van der Waals surface area contributed by atoms with E-state index in [4.69, 9.17) is 10.5 Å². The van der Waals surface area contributed by atoms with Gasteiger partial charge in [-0.1, -0.05) is 6.92 Å². The summed E-state index contributed by atoms with van der Waals surface area (Å²) in [5, 5.41) is 3.06. The van der Waals surface area contributed by atoms with Gasteiger partial charge >= 0.3 is 6.09 Å². The molecule has 3 N–H and O–H groups in total. The van der Waals surface area contributed by atoms with Crippen LogP contribution in [0.5, 0.6) is 0 Å². The van der Waals surface area contributed by atoms with E-state index in [1.807, 2.05) is 33.8 Å². The summed E-state index contributed by atoms with van der Waals surface area (Å²) in [5.74, 6) is -0.0922. The maximum absolute atomic E-state index is 12.4. The van der Waals surface area contributed by atoms with Gasteiger partial charge in [0, 0.05) is 30.4 Å². The quantitative estimate of drug-likeness (QED) is 0.823. The van der Waals surface area contributed by atoms with Crippen LogP contribution in [0.3, 0.4) is 0 Å². The molecule has 2 amide bonds. The summed E-state index contributed by atoms with van der Waals surface area (Å²) in [7, 11) is 0. The summed E-state index contributed by atoms with van der Waals surface area (Å²) in [6.45, 7) is 8.75. The Morgan fingerprint density at radius 2 is 1.92 bits per heavy atom. The summed E-state index contributed by atoms with van der Waals surface area (Å²) in [4.78, 5) is 26.2. The number of nitrogens with one attached hydrogen (secondary N) is 1. The van der Waals surface area contributed by atoms with E-state index in [1.54, 1.807) is 17.0 Å². The van der Waals surface area contributed by atoms with Crippen molar-refractivity contribution in [1.82, 2.24) is 10.2 Å². The molecule has 1 aromatic rings. The molecule has 1 saturated heterocycles. The Balaban J connectivity index is 1.87. The van der Waals surface area contributed by atoms with Gasteiger partial charge in [-0.3, -0.25) is 4.79 Å². The zero-order valence-electron chi connectivity index (χ0n) is 15.6. The zero-order chi connectivity index (χ0) is 18.6. The second kappa shape index (κ2) is 7.76. The Morgan fingerprint density at radius 1 is 1.28 bits per heavy atom. The van der Waals surface area contributed by atoms with Crippen LogP contribution in [-0.4, -0.2) is 41.6 Å². The van der Waals surface area contributed by atoms with Gasteiger partial charge in [0.25, 0.3) is 5.91 Å². The van der Waals surface area contributed by atoms with Crippen LogP contribution in [0, 0.1) is 0 Å². The molecule has 0 aromatic heterocycles. The van der Waals surface area contributed by atoms with E-state index in [2.05, 4.69) is 5.32 Å². The molecular weight excluding hydrogens is 318 g/mol. The number of likely N-dealkylation sites (tertiary alicyclic amines) is 1. The van der Waals surface area contributed by atoms with E-state index in [0.717, 1.165) is 24.8 Å². The van der Waals surface area contributed by atoms with Crippen molar-refractivity contribution in [1.29, 1.82) is 0 Å². The molecule has 0 spiro atoms. The number of aryl methyl sites for hydroxylation is 1. The number of anilines is 1. The fourth-order valence-electron chi connectivity index (χ4n) is 2.85. The Labute approximate surface area is 149 Å². The Kier molecular flexibility index (Phi) is 5.93. The van der Waals surface area contributed by atoms with Crippen LogP contribution >= 0.6 is 0 Å². The minimum Gasteiger partial charge on any atom is -0.444 e. The van der Waals surface area contributed by atoms with E-state index in [1.165, 1.54) is 0 Å². The molecular formula is C19H29N3O3. The molecule has 6 heteroatoms. The molecule has 1 fully saturated rings. The highest BCUT2D eigenvalue weighted by Gasteiger charge is 2.27. The van der Waals surface area contributed by atoms with E-state index in [9.17, 15) is 9.59 Å². The van der Waals surface area contributed by atoms with Crippen molar-refractivity contribution >= 4 is 17.7 Å². The summed E-state index contributed by atoms with van der Waals surface area (Å²) >= 11 is 0. The van der Waals surface area contributed by atoms with Crippen molar-refractivity contribution in [3.05, 3.63) is 29.3 Å². The first kappa shape index (κ1) is 19.1. The number of hydrogen-bond donors (Lipinski definition) is 2. The normalized spacial score (nSPS) is 15.8. The number of ether oxygens (including phenoxy) is 1. The molecule has 0 radical (unpaired) electrons. The van der Waals surface area contributed by atoms with E-state index in [0.29, 0.717) is 24.3 Å². The number of nitrogens with two attached hydrogens (primary N) is 1. The average molecular weight is 347 g/mol. The molecule has 0 bridgehead atoms. The SMILES string of the molecule is CCc1cc(C(=O)NC2CCN(C(=O)OC(C)(C)C)CC2)ccc1N. The van der Waals surface area contributed by atoms with Gasteiger partial charge in [0.15, 0.2) is 0 Å². The molecule has 1 aliphatic heterocycles. The van der Waals surface area contributed by atoms with Gasteiger partial charge in [-0.05, 0) is 63.8 Å². The van der Waals surface area contributed by atoms with Crippen LogP contribution in [0.4, 0.5) is 10.5 Å². The first-order valence-electron chi connectivity index (χ1n) is 8.87. The van der Waals surface area contributed by atoms with Crippen molar-refractivity contribution < 1.29 is 14.3 Å². The topological polar surface area (TPSA) is 84.7 Å². The van der Waals surface area contributed by atoms with Crippen LogP contribution in [0.1, 0.15) is 56.5 Å². The molecule has 0 unspecified atom stereocenters. The summed E-state index contributed by atoms with van der Waals surface area (Å²) in [6.07, 6.45) is 1.95. The van der Waals surface area contributed by atoms with Gasteiger partial charge in [-0.2, -0.15) is 0 Å². The number of amides is 2. The number of piperidine rings is 1. The molecule has 1 heterocycles. The predicted octanol–water partition coefficient (Wildman–Crippen LogP) is 2.96. The number of benzene rings is 1. The van der Waals surface area contributed by atoms with Crippen molar-refractivity contribution in [2.75, 3.05) is 18.8 Å². The number of hydrogen-bond acceptors (Lipinski definition) is 4. The lowest BCUT2D eigenvalue weighted by Crippen LogP contribution is -2.47. The van der Waals surface area contributed by atoms with Gasteiger partial charge in [0.05, 0.1) is 0 Å². The Hall–Kier alpha value is -2.24. The molecule has 25 heavy (non-hydrogen) atoms. The second-order valence-electron chi connectivity index (χ2n) is 7.48. The highest BCUT2D eigenvalue weighted by atomic mass is 16.6. The van der Waals surface area contributed by atoms with Crippen molar-refractivity contribution in [3.8, 4) is 0 Å². The predicted molar refractivity (Wildman–Crippen MR) is 98.5 cm³/mol. The molecule has 6 nitrogen and oxygen atoms in total. The lowest BCUT2D eigenvalue weighted by molar-refractivity contribution is 0.0199. The number of nitrogens with zero attached hydrogens (tertiary/aromatic N) is 1. The van der Waals surface area contributed by atoms with Crippen molar-refractivity contribution in [3.63, 3.8) is 0 Å². The largest absolute Gasteiger partial charge is 0.444 e. The molecule has 0 saturated carbocycles. The van der Waals surface area contributed by atoms with Crippen LogP contribution in [0.25, 0.3) is 0 Å². The fraction of sp³-hybridized carbons (Fsp3) is 0.579. The van der Waals surface area contributed by atoms with Crippen molar-refractivity contribution in [2.45, 2.75) is 58.6 Å². The van der Waals surface area contributed by atoms with Gasteiger partial charge < -0.3 is 20.7 Å². The maximum atomic E-state index is 12.4. The van der Waals surface area contributed by atoms with Crippen LogP contribution in [0.15, 0.2) is 18.2 Å². The summed E-state index contributed by atoms with van der Waals surface area (Å²) in [5.41, 5.74) is 7.72. The standard InChI is InChI=1S/C19H29N3O3/c1-5-13-12-14(6-7-16(13)20)17(23)21-15-8-10-22(11-9-15)18(24)25-19(2,3)4/h6-7,12,15H,5,8-11,20H2,1-4H3,(H,21,23). The van der Waals surface area contributed by atoms with Crippen molar-refractivity contribution in [2.24, 2.45) is 0 Å². The lowest BCUT2D eigenvalue weighted by Gasteiger charge is -2.33.